The quantitative estimate of drug-likeness (QED) is 0.502. The third kappa shape index (κ3) is 1.19. The fourth-order valence-electron chi connectivity index (χ4n) is 0.978. The van der Waals surface area contributed by atoms with Crippen LogP contribution in [0.25, 0.3) is 0 Å². The molecule has 1 rings (SSSR count). The van der Waals surface area contributed by atoms with Gasteiger partial charge in [0, 0.05) is 5.69 Å². The molecule has 0 fully saturated rings. The minimum absolute atomic E-state index is 0.140. The van der Waals surface area contributed by atoms with Crippen LogP contribution in [0.4, 0.5) is 0 Å². The smallest absolute Gasteiger partial charge is 0.171 e. The Morgan fingerprint density at radius 1 is 1.64 bits per heavy atom. The molecule has 0 aliphatic rings. The summed E-state index contributed by atoms with van der Waals surface area (Å²) >= 11 is 0. The van der Waals surface area contributed by atoms with Crippen molar-refractivity contribution in [2.24, 2.45) is 0 Å². The number of nitrogens with one attached hydrogen (secondary N) is 1. The number of aromatic nitrogens is 2. The van der Waals surface area contributed by atoms with Gasteiger partial charge in [-0.15, -0.1) is 0 Å². The van der Waals surface area contributed by atoms with Crippen LogP contribution in [-0.4, -0.2) is 22.3 Å². The van der Waals surface area contributed by atoms with Crippen LogP contribution >= 0.6 is 0 Å². The standard InChI is InChI=1S/C7H8N2O2/c1-4-7(5(2)11)6(3-10)9-8-4/h3H,1-2H3,(H,8,9). The number of aromatic amines is 1. The summed E-state index contributed by atoms with van der Waals surface area (Å²) in [5, 5.41) is 6.21. The second kappa shape index (κ2) is 2.65. The van der Waals surface area contributed by atoms with Crippen LogP contribution < -0.4 is 0 Å². The molecule has 0 radical (unpaired) electrons. The van der Waals surface area contributed by atoms with E-state index in [4.69, 9.17) is 0 Å². The molecule has 0 saturated carbocycles. The number of rotatable bonds is 2. The van der Waals surface area contributed by atoms with Crippen molar-refractivity contribution in [1.82, 2.24) is 10.2 Å². The number of carbonyl (C=O) groups is 2. The Morgan fingerprint density at radius 2 is 2.27 bits per heavy atom. The number of Topliss-reactive ketones (excluding diaryl/α,β-unsaturated/α-hetero) is 1. The van der Waals surface area contributed by atoms with Crippen molar-refractivity contribution in [3.63, 3.8) is 0 Å². The van der Waals surface area contributed by atoms with E-state index in [-0.39, 0.29) is 11.5 Å². The van der Waals surface area contributed by atoms with E-state index in [1.165, 1.54) is 6.92 Å². The van der Waals surface area contributed by atoms with Gasteiger partial charge in [-0.2, -0.15) is 5.10 Å². The van der Waals surface area contributed by atoms with E-state index in [1.54, 1.807) is 6.92 Å². The topological polar surface area (TPSA) is 62.8 Å². The van der Waals surface area contributed by atoms with Gasteiger partial charge in [-0.3, -0.25) is 14.7 Å². The number of aryl methyl sites for hydroxylation is 1. The van der Waals surface area contributed by atoms with Crippen LogP contribution in [0.2, 0.25) is 0 Å². The number of hydrogen-bond acceptors (Lipinski definition) is 3. The molecule has 0 spiro atoms. The fourth-order valence-corrected chi connectivity index (χ4v) is 0.978. The normalized spacial score (nSPS) is 9.64. The van der Waals surface area contributed by atoms with Gasteiger partial charge in [-0.25, -0.2) is 0 Å². The third-order valence-electron chi connectivity index (χ3n) is 1.44. The Labute approximate surface area is 63.6 Å². The Bertz CT molecular complexity index is 301. The molecule has 1 heterocycles. The Kier molecular flexibility index (Phi) is 1.85. The van der Waals surface area contributed by atoms with Crippen LogP contribution in [-0.2, 0) is 0 Å². The molecule has 1 aromatic heterocycles. The second-order valence-corrected chi connectivity index (χ2v) is 2.28. The van der Waals surface area contributed by atoms with Crippen molar-refractivity contribution in [2.45, 2.75) is 13.8 Å². The first kappa shape index (κ1) is 7.65. The number of ketones is 1. The van der Waals surface area contributed by atoms with Crippen LogP contribution in [0.3, 0.4) is 0 Å². The van der Waals surface area contributed by atoms with E-state index in [0.717, 1.165) is 0 Å². The van der Waals surface area contributed by atoms with Gasteiger partial charge >= 0.3 is 0 Å². The predicted molar refractivity (Wildman–Crippen MR) is 38.7 cm³/mol. The lowest BCUT2D eigenvalue weighted by atomic mass is 10.1. The van der Waals surface area contributed by atoms with E-state index < -0.39 is 0 Å². The van der Waals surface area contributed by atoms with Gasteiger partial charge < -0.3 is 0 Å². The summed E-state index contributed by atoms with van der Waals surface area (Å²) in [6.07, 6.45) is 0.570. The second-order valence-electron chi connectivity index (χ2n) is 2.28. The molecule has 0 atom stereocenters. The summed E-state index contributed by atoms with van der Waals surface area (Å²) in [7, 11) is 0. The van der Waals surface area contributed by atoms with Gasteiger partial charge in [0.25, 0.3) is 0 Å². The fraction of sp³-hybridized carbons (Fsp3) is 0.286. The highest BCUT2D eigenvalue weighted by Crippen LogP contribution is 2.08. The maximum Gasteiger partial charge on any atom is 0.171 e. The molecule has 11 heavy (non-hydrogen) atoms. The van der Waals surface area contributed by atoms with E-state index >= 15 is 0 Å². The first-order chi connectivity index (χ1) is 5.16. The molecular formula is C7H8N2O2. The highest BCUT2D eigenvalue weighted by molar-refractivity contribution is 6.01. The molecular weight excluding hydrogens is 144 g/mol. The van der Waals surface area contributed by atoms with E-state index in [1.807, 2.05) is 0 Å². The molecule has 0 bridgehead atoms. The molecule has 1 N–H and O–H groups in total. The molecule has 0 unspecified atom stereocenters. The summed E-state index contributed by atoms with van der Waals surface area (Å²) in [4.78, 5) is 21.2. The zero-order chi connectivity index (χ0) is 8.43. The lowest BCUT2D eigenvalue weighted by Crippen LogP contribution is -1.97. The van der Waals surface area contributed by atoms with Gasteiger partial charge in [0.2, 0.25) is 0 Å². The minimum Gasteiger partial charge on any atom is -0.296 e. The number of aldehydes is 1. The molecule has 0 saturated heterocycles. The molecule has 0 aliphatic carbocycles. The van der Waals surface area contributed by atoms with Crippen LogP contribution in [0.5, 0.6) is 0 Å². The van der Waals surface area contributed by atoms with E-state index in [9.17, 15) is 9.59 Å². The van der Waals surface area contributed by atoms with Crippen molar-refractivity contribution in [2.75, 3.05) is 0 Å². The first-order valence-electron chi connectivity index (χ1n) is 3.18. The molecule has 0 amide bonds. The summed E-state index contributed by atoms with van der Waals surface area (Å²) in [6, 6.07) is 0. The number of nitrogens with zero attached hydrogens (tertiary/aromatic N) is 1. The molecule has 1 aromatic rings. The van der Waals surface area contributed by atoms with Crippen molar-refractivity contribution < 1.29 is 9.59 Å². The Balaban J connectivity index is 3.28. The zero-order valence-corrected chi connectivity index (χ0v) is 6.34. The summed E-state index contributed by atoms with van der Waals surface area (Å²) in [6.45, 7) is 3.11. The number of hydrogen-bond donors (Lipinski definition) is 1. The minimum atomic E-state index is -0.140. The van der Waals surface area contributed by atoms with E-state index in [2.05, 4.69) is 10.2 Å². The van der Waals surface area contributed by atoms with Crippen molar-refractivity contribution in [3.8, 4) is 0 Å². The average molecular weight is 152 g/mol. The monoisotopic (exact) mass is 152 g/mol. The SMILES string of the molecule is CC(=O)c1c(C=O)n[nH]c1C. The lowest BCUT2D eigenvalue weighted by molar-refractivity contribution is 0.100. The maximum atomic E-state index is 10.9. The van der Waals surface area contributed by atoms with Crippen molar-refractivity contribution in [1.29, 1.82) is 0 Å². The van der Waals surface area contributed by atoms with Crippen LogP contribution in [0, 0.1) is 6.92 Å². The Morgan fingerprint density at radius 3 is 2.64 bits per heavy atom. The number of H-pyrrole nitrogens is 1. The summed E-state index contributed by atoms with van der Waals surface area (Å²) in [5.74, 6) is -0.140. The molecule has 58 valence electrons. The predicted octanol–water partition coefficient (Wildman–Crippen LogP) is 0.733. The largest absolute Gasteiger partial charge is 0.296 e. The zero-order valence-electron chi connectivity index (χ0n) is 6.34. The van der Waals surface area contributed by atoms with E-state index in [0.29, 0.717) is 17.5 Å². The van der Waals surface area contributed by atoms with Gasteiger partial charge in [0.1, 0.15) is 5.69 Å². The highest BCUT2D eigenvalue weighted by atomic mass is 16.1. The highest BCUT2D eigenvalue weighted by Gasteiger charge is 2.12. The van der Waals surface area contributed by atoms with Gasteiger partial charge in [-0.05, 0) is 13.8 Å². The molecule has 4 nitrogen and oxygen atoms in total. The van der Waals surface area contributed by atoms with Gasteiger partial charge in [-0.1, -0.05) is 0 Å². The lowest BCUT2D eigenvalue weighted by Gasteiger charge is -1.90. The molecule has 0 aromatic carbocycles. The average Bonchev–Trinajstić information content (AvgIpc) is 2.30. The molecule has 4 heteroatoms. The van der Waals surface area contributed by atoms with Gasteiger partial charge in [0.15, 0.2) is 12.1 Å². The summed E-state index contributed by atoms with van der Waals surface area (Å²) < 4.78 is 0. The maximum absolute atomic E-state index is 10.9. The number of carbonyl (C=O) groups excluding carboxylic acids is 2. The van der Waals surface area contributed by atoms with Crippen LogP contribution in [0.15, 0.2) is 0 Å². The third-order valence-corrected chi connectivity index (χ3v) is 1.44. The Hall–Kier alpha value is -1.45. The van der Waals surface area contributed by atoms with Crippen molar-refractivity contribution >= 4 is 12.1 Å². The molecule has 0 aliphatic heterocycles. The summed E-state index contributed by atoms with van der Waals surface area (Å²) in [5.41, 5.74) is 1.22. The van der Waals surface area contributed by atoms with Crippen LogP contribution in [0.1, 0.15) is 33.5 Å². The van der Waals surface area contributed by atoms with Crippen molar-refractivity contribution in [3.05, 3.63) is 17.0 Å². The first-order valence-corrected chi connectivity index (χ1v) is 3.18. The van der Waals surface area contributed by atoms with Gasteiger partial charge in [0.05, 0.1) is 5.56 Å².